The van der Waals surface area contributed by atoms with Crippen molar-refractivity contribution in [2.24, 2.45) is 0 Å². The van der Waals surface area contributed by atoms with E-state index in [1.165, 1.54) is 0 Å². The summed E-state index contributed by atoms with van der Waals surface area (Å²) < 4.78 is 1.67. The van der Waals surface area contributed by atoms with E-state index in [-0.39, 0.29) is 5.91 Å². The highest BCUT2D eigenvalue weighted by Crippen LogP contribution is 2.27. The molecule has 0 saturated heterocycles. The third-order valence-electron chi connectivity index (χ3n) is 3.24. The Morgan fingerprint density at radius 3 is 2.50 bits per heavy atom. The van der Waals surface area contributed by atoms with E-state index < -0.39 is 5.54 Å². The van der Waals surface area contributed by atoms with Crippen LogP contribution < -0.4 is 0 Å². The number of rotatable bonds is 3. The summed E-state index contributed by atoms with van der Waals surface area (Å²) in [6.07, 6.45) is 1.81. The Hall–Kier alpha value is -1.81. The van der Waals surface area contributed by atoms with Gasteiger partial charge in [0, 0.05) is 25.9 Å². The zero-order valence-corrected chi connectivity index (χ0v) is 12.8. The minimum absolute atomic E-state index is 0.00805. The van der Waals surface area contributed by atoms with Gasteiger partial charge in [0.25, 0.3) is 0 Å². The van der Waals surface area contributed by atoms with Gasteiger partial charge >= 0.3 is 0 Å². The number of benzene rings is 1. The van der Waals surface area contributed by atoms with Gasteiger partial charge in [-0.05, 0) is 26.0 Å². The number of carbonyl (C=O) groups is 1. The first-order valence-corrected chi connectivity index (χ1v) is 6.74. The molecule has 5 heteroatoms. The fourth-order valence-corrected chi connectivity index (χ4v) is 2.33. The van der Waals surface area contributed by atoms with Crippen molar-refractivity contribution < 1.29 is 4.79 Å². The molecule has 2 aromatic rings. The summed E-state index contributed by atoms with van der Waals surface area (Å²) in [5.41, 5.74) is 0.888. The van der Waals surface area contributed by atoms with Crippen LogP contribution in [0.25, 0.3) is 11.3 Å². The summed E-state index contributed by atoms with van der Waals surface area (Å²) in [5, 5.41) is 5.15. The fourth-order valence-electron chi connectivity index (χ4n) is 2.09. The summed E-state index contributed by atoms with van der Waals surface area (Å²) in [5.74, 6) is -0.00805. The second kappa shape index (κ2) is 5.29. The molecule has 1 amide bonds. The largest absolute Gasteiger partial charge is 0.347 e. The molecule has 1 aromatic heterocycles. The number of carbonyl (C=O) groups excluding carboxylic acids is 1. The molecule has 0 aliphatic rings. The molecular weight excluding hydrogens is 274 g/mol. The second-order valence-electron chi connectivity index (χ2n) is 5.38. The van der Waals surface area contributed by atoms with Crippen LogP contribution in [0.2, 0.25) is 5.02 Å². The maximum atomic E-state index is 12.2. The predicted octanol–water partition coefficient (Wildman–Crippen LogP) is 3.03. The molecule has 0 aliphatic carbocycles. The van der Waals surface area contributed by atoms with Crippen molar-refractivity contribution in [3.05, 3.63) is 41.6 Å². The molecule has 20 heavy (non-hydrogen) atoms. The van der Waals surface area contributed by atoms with Gasteiger partial charge in [0.05, 0.1) is 10.7 Å². The number of nitrogens with zero attached hydrogens (tertiary/aromatic N) is 3. The van der Waals surface area contributed by atoms with Crippen molar-refractivity contribution in [1.82, 2.24) is 14.7 Å². The predicted molar refractivity (Wildman–Crippen MR) is 80.7 cm³/mol. The zero-order chi connectivity index (χ0) is 14.9. The van der Waals surface area contributed by atoms with Crippen molar-refractivity contribution in [2.75, 3.05) is 14.1 Å². The number of aromatic nitrogens is 2. The Kier molecular flexibility index (Phi) is 3.86. The minimum atomic E-state index is -0.733. The molecule has 0 N–H and O–H groups in total. The maximum absolute atomic E-state index is 12.2. The first-order valence-electron chi connectivity index (χ1n) is 6.37. The molecule has 0 bridgehead atoms. The van der Waals surface area contributed by atoms with Crippen molar-refractivity contribution in [3.63, 3.8) is 0 Å². The number of amides is 1. The van der Waals surface area contributed by atoms with Gasteiger partial charge in [-0.2, -0.15) is 5.10 Å². The highest BCUT2D eigenvalue weighted by atomic mass is 35.5. The lowest BCUT2D eigenvalue weighted by molar-refractivity contribution is -0.137. The van der Waals surface area contributed by atoms with Crippen LogP contribution in [0.4, 0.5) is 0 Å². The standard InChI is InChI=1S/C15H18ClN3O/c1-15(2,14(20)18(3)4)19-10-9-13(17-19)11-7-5-6-8-12(11)16/h5-10H,1-4H3. The van der Waals surface area contributed by atoms with Gasteiger partial charge in [-0.3, -0.25) is 9.48 Å². The van der Waals surface area contributed by atoms with Crippen molar-refractivity contribution >= 4 is 17.5 Å². The molecule has 0 spiro atoms. The quantitative estimate of drug-likeness (QED) is 0.872. The third kappa shape index (κ3) is 2.56. The lowest BCUT2D eigenvalue weighted by Crippen LogP contribution is -2.44. The summed E-state index contributed by atoms with van der Waals surface area (Å²) in [6.45, 7) is 3.69. The van der Waals surface area contributed by atoms with Gasteiger partial charge in [-0.15, -0.1) is 0 Å². The lowest BCUT2D eigenvalue weighted by Gasteiger charge is -2.27. The molecule has 4 nitrogen and oxygen atoms in total. The van der Waals surface area contributed by atoms with E-state index in [1.807, 2.05) is 44.2 Å². The number of likely N-dealkylation sites (N-methyl/N-ethyl adjacent to an activating group) is 1. The number of hydrogen-bond donors (Lipinski definition) is 0. The number of halogens is 1. The highest BCUT2D eigenvalue weighted by Gasteiger charge is 2.32. The topological polar surface area (TPSA) is 38.1 Å². The van der Waals surface area contributed by atoms with Gasteiger partial charge in [-0.25, -0.2) is 0 Å². The maximum Gasteiger partial charge on any atom is 0.249 e. The molecule has 0 unspecified atom stereocenters. The molecule has 0 aliphatic heterocycles. The number of hydrogen-bond acceptors (Lipinski definition) is 2. The fraction of sp³-hybridized carbons (Fsp3) is 0.333. The second-order valence-corrected chi connectivity index (χ2v) is 5.79. The van der Waals surface area contributed by atoms with E-state index >= 15 is 0 Å². The van der Waals surface area contributed by atoms with Crippen molar-refractivity contribution in [2.45, 2.75) is 19.4 Å². The molecule has 0 fully saturated rings. The summed E-state index contributed by atoms with van der Waals surface area (Å²) in [4.78, 5) is 13.8. The van der Waals surface area contributed by atoms with E-state index in [4.69, 9.17) is 11.6 Å². The summed E-state index contributed by atoms with van der Waals surface area (Å²) in [6, 6.07) is 9.40. The Morgan fingerprint density at radius 1 is 1.25 bits per heavy atom. The van der Waals surface area contributed by atoms with Crippen molar-refractivity contribution in [3.8, 4) is 11.3 Å². The third-order valence-corrected chi connectivity index (χ3v) is 3.57. The molecular formula is C15H18ClN3O. The molecule has 2 rings (SSSR count). The van der Waals surface area contributed by atoms with Crippen LogP contribution in [0.5, 0.6) is 0 Å². The van der Waals surface area contributed by atoms with Gasteiger partial charge in [-0.1, -0.05) is 29.8 Å². The van der Waals surface area contributed by atoms with E-state index in [0.29, 0.717) is 5.02 Å². The van der Waals surface area contributed by atoms with Gasteiger partial charge in [0.2, 0.25) is 5.91 Å². The first-order chi connectivity index (χ1) is 9.34. The summed E-state index contributed by atoms with van der Waals surface area (Å²) in [7, 11) is 3.48. The molecule has 0 radical (unpaired) electrons. The van der Waals surface area contributed by atoms with E-state index in [9.17, 15) is 4.79 Å². The highest BCUT2D eigenvalue weighted by molar-refractivity contribution is 6.33. The van der Waals surface area contributed by atoms with Gasteiger partial charge < -0.3 is 4.90 Å². The minimum Gasteiger partial charge on any atom is -0.347 e. The van der Waals surface area contributed by atoms with Crippen LogP contribution in [-0.2, 0) is 10.3 Å². The molecule has 1 aromatic carbocycles. The Morgan fingerprint density at radius 2 is 1.90 bits per heavy atom. The smallest absolute Gasteiger partial charge is 0.249 e. The average Bonchev–Trinajstić information content (AvgIpc) is 2.88. The summed E-state index contributed by atoms with van der Waals surface area (Å²) >= 11 is 6.17. The lowest BCUT2D eigenvalue weighted by atomic mass is 10.0. The Bertz CT molecular complexity index is 632. The van der Waals surface area contributed by atoms with Crippen LogP contribution in [0.1, 0.15) is 13.8 Å². The first kappa shape index (κ1) is 14.6. The average molecular weight is 292 g/mol. The van der Waals surface area contributed by atoms with E-state index in [0.717, 1.165) is 11.3 Å². The normalized spacial score (nSPS) is 11.4. The van der Waals surface area contributed by atoms with Crippen molar-refractivity contribution in [1.29, 1.82) is 0 Å². The SMILES string of the molecule is CN(C)C(=O)C(C)(C)n1ccc(-c2ccccc2Cl)n1. The molecule has 1 heterocycles. The Labute approximate surface area is 124 Å². The monoisotopic (exact) mass is 291 g/mol. The van der Waals surface area contributed by atoms with Gasteiger partial charge in [0.15, 0.2) is 0 Å². The van der Waals surface area contributed by atoms with Crippen LogP contribution in [0.15, 0.2) is 36.5 Å². The van der Waals surface area contributed by atoms with Gasteiger partial charge in [0.1, 0.15) is 5.54 Å². The molecule has 0 atom stereocenters. The molecule has 0 saturated carbocycles. The van der Waals surface area contributed by atoms with Crippen LogP contribution in [-0.4, -0.2) is 34.7 Å². The zero-order valence-electron chi connectivity index (χ0n) is 12.1. The Balaban J connectivity index is 2.39. The van der Waals surface area contributed by atoms with Crippen LogP contribution in [0.3, 0.4) is 0 Å². The van der Waals surface area contributed by atoms with Crippen LogP contribution in [0, 0.1) is 0 Å². The van der Waals surface area contributed by atoms with E-state index in [2.05, 4.69) is 5.10 Å². The van der Waals surface area contributed by atoms with Crippen LogP contribution >= 0.6 is 11.6 Å². The van der Waals surface area contributed by atoms with E-state index in [1.54, 1.807) is 29.9 Å². The molecule has 106 valence electrons.